The summed E-state index contributed by atoms with van der Waals surface area (Å²) in [6.07, 6.45) is 8.12. The van der Waals surface area contributed by atoms with Crippen LogP contribution >= 0.6 is 24.4 Å². The second-order valence-electron chi connectivity index (χ2n) is 32.0. The molecular weight excluding hydrogens is 1680 g/mol. The van der Waals surface area contributed by atoms with Crippen LogP contribution in [0.2, 0.25) is 0 Å². The lowest BCUT2D eigenvalue weighted by Crippen LogP contribution is -2.38. The number of aromatic nitrogens is 14. The summed E-state index contributed by atoms with van der Waals surface area (Å²) in [7, 11) is 19.3. The molecule has 36 heteroatoms. The molecule has 12 heterocycles. The molecule has 0 radical (unpaired) electrons. The first-order valence-corrected chi connectivity index (χ1v) is 42.0. The van der Waals surface area contributed by atoms with Crippen LogP contribution in [0.1, 0.15) is 72.3 Å². The fourth-order valence-corrected chi connectivity index (χ4v) is 15.5. The molecule has 34 nitrogen and oxygen atoms in total. The van der Waals surface area contributed by atoms with E-state index in [9.17, 15) is 47.9 Å². The first-order chi connectivity index (χ1) is 61.4. The van der Waals surface area contributed by atoms with E-state index in [2.05, 4.69) is 74.7 Å². The van der Waals surface area contributed by atoms with E-state index in [1.807, 2.05) is 185 Å². The maximum absolute atomic E-state index is 12.2. The minimum absolute atomic E-state index is 0.154. The van der Waals surface area contributed by atoms with Crippen molar-refractivity contribution in [3.8, 4) is 0 Å². The smallest absolute Gasteiger partial charge is 0.332 e. The first-order valence-electron chi connectivity index (χ1n) is 41.2. The van der Waals surface area contributed by atoms with Gasteiger partial charge in [-0.3, -0.25) is 84.0 Å². The van der Waals surface area contributed by atoms with Crippen molar-refractivity contribution in [2.45, 2.75) is 86.4 Å². The van der Waals surface area contributed by atoms with Crippen molar-refractivity contribution >= 4 is 117 Å². The molecule has 0 bridgehead atoms. The summed E-state index contributed by atoms with van der Waals surface area (Å²) in [5.41, 5.74) is 13.9. The molecule has 5 aliphatic heterocycles. The van der Waals surface area contributed by atoms with Crippen molar-refractivity contribution in [1.29, 1.82) is 0 Å². The molecule has 0 fully saturated rings. The van der Waals surface area contributed by atoms with Gasteiger partial charge in [-0.2, -0.15) is 0 Å². The van der Waals surface area contributed by atoms with E-state index < -0.39 is 0 Å². The molecule has 664 valence electrons. The van der Waals surface area contributed by atoms with Gasteiger partial charge in [0.25, 0.3) is 22.2 Å². The van der Waals surface area contributed by atoms with Crippen molar-refractivity contribution in [2.75, 3.05) is 26.6 Å². The van der Waals surface area contributed by atoms with E-state index >= 15 is 0 Å². The number of imidazole rings is 1. The van der Waals surface area contributed by atoms with Crippen LogP contribution in [0, 0.1) is 43.9 Å². The number of nitrogens with one attached hydrogen (secondary N) is 5. The van der Waals surface area contributed by atoms with Gasteiger partial charge in [0.1, 0.15) is 73.1 Å². The zero-order chi connectivity index (χ0) is 92.8. The van der Waals surface area contributed by atoms with Gasteiger partial charge >= 0.3 is 34.1 Å². The first kappa shape index (κ1) is 91.5. The normalized spacial score (nSPS) is 13.4. The molecule has 6 aromatic carbocycles. The number of anilines is 5. The highest BCUT2D eigenvalue weighted by Crippen LogP contribution is 2.29. The molecule has 0 saturated heterocycles. The van der Waals surface area contributed by atoms with Gasteiger partial charge in [-0.05, 0) is 93.3 Å². The van der Waals surface area contributed by atoms with E-state index in [-0.39, 0.29) is 56.4 Å². The van der Waals surface area contributed by atoms with E-state index in [4.69, 9.17) is 24.4 Å². The minimum Gasteiger partial charge on any atom is -0.343 e. The number of aryl methyl sites for hydroxylation is 6. The number of allylic oxidation sites excluding steroid dienone is 1. The van der Waals surface area contributed by atoms with E-state index in [1.165, 1.54) is 87.0 Å². The number of fused-ring (bicyclic) bond motifs is 6. The van der Waals surface area contributed by atoms with Gasteiger partial charge in [-0.15, -0.1) is 0 Å². The molecule has 0 aliphatic carbocycles. The number of aliphatic imine (C=N–C) groups is 5. The SMILES string of the molecule is Cc1ccc(CN=C2Cc3c(n(C)c(=O)n(C)c3=O)N2)cc1.Cc1ccc(NC2=Nc3c(c(=O)n(C)c(=O)n3C)C2)cc1.Cc1ccc(NC2=Nc3c(c(=S)n(C)c(=O)n3C)C2)cc1.Cc1cccc(CN=C2Cc3c(n(C)c(=O)n(C)c3=O)N2)c1.Cc1cccc(NC2=Nc3c(c(=O)n(C)c(=O)n3C)C2)c1.Cn1c(=S)c2c(ncn2C/C=C/c2ccccc2)n(C)c1=O. The Hall–Kier alpha value is -15.2. The zero-order valence-electron chi connectivity index (χ0n) is 74.7. The predicted molar refractivity (Wildman–Crippen MR) is 516 cm³/mol. The number of nitrogens with zero attached hydrogens (tertiary/aromatic N) is 19. The largest absolute Gasteiger partial charge is 0.343 e. The molecule has 7 aromatic heterocycles. The Balaban J connectivity index is 0.000000132. The van der Waals surface area contributed by atoms with Gasteiger partial charge in [0.05, 0.1) is 41.7 Å². The second-order valence-corrected chi connectivity index (χ2v) is 32.7. The predicted octanol–water partition coefficient (Wildman–Crippen LogP) is 9.08. The summed E-state index contributed by atoms with van der Waals surface area (Å²) >= 11 is 10.7. The van der Waals surface area contributed by atoms with Gasteiger partial charge in [0, 0.05) is 146 Å². The maximum Gasteiger partial charge on any atom is 0.332 e. The van der Waals surface area contributed by atoms with E-state index in [0.29, 0.717) is 136 Å². The Labute approximate surface area is 749 Å². The lowest BCUT2D eigenvalue weighted by atomic mass is 10.1. The maximum atomic E-state index is 12.2. The Morgan fingerprint density at radius 3 is 1.22 bits per heavy atom. The lowest BCUT2D eigenvalue weighted by molar-refractivity contribution is 0.682. The summed E-state index contributed by atoms with van der Waals surface area (Å²) in [6, 6.07) is 50.3. The van der Waals surface area contributed by atoms with Gasteiger partial charge in [0.15, 0.2) is 5.65 Å². The Morgan fingerprint density at radius 2 is 0.752 bits per heavy atom. The average Bonchev–Trinajstić information content (AvgIpc) is 1.68. The van der Waals surface area contributed by atoms with Crippen LogP contribution in [-0.4, -0.2) is 93.5 Å². The van der Waals surface area contributed by atoms with Crippen LogP contribution in [0.25, 0.3) is 17.2 Å². The highest BCUT2D eigenvalue weighted by atomic mass is 32.1. The Kier molecular flexibility index (Phi) is 27.5. The van der Waals surface area contributed by atoms with Gasteiger partial charge in [-0.1, -0.05) is 174 Å². The topological polar surface area (TPSA) is 370 Å². The Morgan fingerprint density at radius 1 is 0.364 bits per heavy atom. The standard InChI is InChI=1S/2C16H18N4O2.C16H16N4OS.2C15H16N4O2.C15H16N4OS/c1-10-4-6-11(7-5-10)9-17-13-8-12-14(18-13)19(2)16(22)20(3)15(12)21;1-10-5-4-6-11(7-10)9-17-13-8-12-14(18-13)19(2)16(22)20(3)15(12)21;1-18-14-13(15(22)19(2)16(18)21)20(11-17-14)10-6-9-12-7-4-3-5-8-12;1-9-4-6-10(7-5-9)16-12-8-11-13(17-12)18(2)15(21)19(3)14(11)20;1-9-5-4-6-10(7-9)16-12-8-11-13(17-12)18(2)15(21)19(3)14(11)20;1-9-4-6-10(7-5-9)16-12-8-11-13(17-12)18(2)15(20)19(3)14(11)21/h2*4-7H,8-9H2,1-3H3,(H,17,18);3-9,11H,10H2,1-2H3;3*4-7H,8H2,1-3H3,(H,16,17)/b;;9-6+;;;. The number of benzene rings is 6. The van der Waals surface area contributed by atoms with Gasteiger partial charge in [-0.25, -0.2) is 48.7 Å². The highest BCUT2D eigenvalue weighted by Gasteiger charge is 2.29. The van der Waals surface area contributed by atoms with Crippen LogP contribution in [-0.2, 0) is 136 Å². The molecule has 0 atom stereocenters. The Bertz CT molecular complexity index is 7500. The third kappa shape index (κ3) is 19.9. The highest BCUT2D eigenvalue weighted by molar-refractivity contribution is 7.71. The van der Waals surface area contributed by atoms with Crippen molar-refractivity contribution in [3.63, 3.8) is 0 Å². The summed E-state index contributed by atoms with van der Waals surface area (Å²) in [6.45, 7) is 11.9. The molecule has 5 aliphatic rings. The second kappa shape index (κ2) is 38.7. The quantitative estimate of drug-likeness (QED) is 0.0796. The molecular formula is C93H100N24O10S2. The molecule has 0 amide bonds. The van der Waals surface area contributed by atoms with Crippen LogP contribution in [0.5, 0.6) is 0 Å². The lowest BCUT2D eigenvalue weighted by Gasteiger charge is -2.07. The van der Waals surface area contributed by atoms with Crippen molar-refractivity contribution in [3.05, 3.63) is 350 Å². The third-order valence-electron chi connectivity index (χ3n) is 22.4. The van der Waals surface area contributed by atoms with Crippen molar-refractivity contribution in [2.24, 2.45) is 110 Å². The van der Waals surface area contributed by atoms with Crippen LogP contribution in [0.15, 0.2) is 237 Å². The summed E-state index contributed by atoms with van der Waals surface area (Å²) in [5, 5.41) is 15.9. The monoisotopic (exact) mass is 1780 g/mol. The van der Waals surface area contributed by atoms with Crippen molar-refractivity contribution < 1.29 is 0 Å². The molecule has 0 spiro atoms. The minimum atomic E-state index is -0.362. The average molecular weight is 1780 g/mol. The zero-order valence-corrected chi connectivity index (χ0v) is 76.4. The van der Waals surface area contributed by atoms with Crippen molar-refractivity contribution in [1.82, 2.24) is 64.4 Å². The van der Waals surface area contributed by atoms with E-state index in [0.717, 1.165) is 80.3 Å². The number of hydrogen-bond donors (Lipinski definition) is 5. The van der Waals surface area contributed by atoms with Crippen LogP contribution in [0.3, 0.4) is 0 Å². The number of amidine groups is 5. The van der Waals surface area contributed by atoms with E-state index in [1.54, 1.807) is 62.7 Å². The van der Waals surface area contributed by atoms with Crippen LogP contribution < -0.4 is 83.0 Å². The molecule has 18 rings (SSSR count). The summed E-state index contributed by atoms with van der Waals surface area (Å²) in [4.78, 5) is 147. The van der Waals surface area contributed by atoms with Gasteiger partial charge in [0.2, 0.25) is 0 Å². The number of rotatable bonds is 10. The molecule has 13 aromatic rings. The summed E-state index contributed by atoms with van der Waals surface area (Å²) < 4.78 is 19.2. The summed E-state index contributed by atoms with van der Waals surface area (Å²) in [5.74, 6) is 6.23. The molecule has 0 unspecified atom stereocenters. The fourth-order valence-electron chi connectivity index (χ4n) is 14.9. The fraction of sp³-hybridized carbons (Fsp3) is 0.269. The molecule has 129 heavy (non-hydrogen) atoms. The molecule has 5 N–H and O–H groups in total. The molecule has 0 saturated carbocycles. The van der Waals surface area contributed by atoms with Crippen LogP contribution in [0.4, 0.5) is 46.2 Å². The third-order valence-corrected chi connectivity index (χ3v) is 23.4. The van der Waals surface area contributed by atoms with Gasteiger partial charge < -0.3 is 31.2 Å². The number of hydrogen-bond acceptors (Lipinski definition) is 21.